The van der Waals surface area contributed by atoms with Gasteiger partial charge in [-0.25, -0.2) is 4.79 Å². The minimum Gasteiger partial charge on any atom is -0.426 e. The van der Waals surface area contributed by atoms with Crippen molar-refractivity contribution >= 4 is 22.7 Å². The molecule has 0 aliphatic heterocycles. The second-order valence-electron chi connectivity index (χ2n) is 7.76. The van der Waals surface area contributed by atoms with Crippen LogP contribution in [0.2, 0.25) is 0 Å². The number of carbonyl (C=O) groups excluding carboxylic acids is 2. The van der Waals surface area contributed by atoms with Crippen molar-refractivity contribution in [2.45, 2.75) is 33.1 Å². The molecule has 1 aliphatic carbocycles. The molecule has 0 N–H and O–H groups in total. The summed E-state index contributed by atoms with van der Waals surface area (Å²) in [5, 5.41) is 1.47. The number of fused-ring (bicyclic) bond motifs is 1. The van der Waals surface area contributed by atoms with Crippen LogP contribution in [0.15, 0.2) is 72.3 Å². The van der Waals surface area contributed by atoms with Crippen LogP contribution in [0.3, 0.4) is 0 Å². The number of esters is 2. The Labute approximate surface area is 176 Å². The predicted molar refractivity (Wildman–Crippen MR) is 117 cm³/mol. The molecule has 0 bridgehead atoms. The highest BCUT2D eigenvalue weighted by molar-refractivity contribution is 5.99. The molecule has 0 radical (unpaired) electrons. The number of hydrogen-bond donors (Lipinski definition) is 0. The zero-order chi connectivity index (χ0) is 21.1. The second-order valence-corrected chi connectivity index (χ2v) is 7.76. The van der Waals surface area contributed by atoms with Crippen molar-refractivity contribution in [2.24, 2.45) is 5.92 Å². The number of hydrogen-bond acceptors (Lipinski definition) is 4. The van der Waals surface area contributed by atoms with Crippen LogP contribution in [0.5, 0.6) is 11.5 Å². The van der Waals surface area contributed by atoms with Crippen molar-refractivity contribution in [1.29, 1.82) is 0 Å². The number of rotatable bonds is 4. The van der Waals surface area contributed by atoms with Crippen LogP contribution < -0.4 is 9.47 Å². The highest BCUT2D eigenvalue weighted by Gasteiger charge is 2.24. The number of carbonyl (C=O) groups is 2. The van der Waals surface area contributed by atoms with E-state index in [2.05, 4.69) is 13.0 Å². The molecule has 0 heterocycles. The number of benzene rings is 3. The molecule has 30 heavy (non-hydrogen) atoms. The molecule has 4 heteroatoms. The third-order valence-corrected chi connectivity index (χ3v) is 5.58. The molecule has 0 aromatic heterocycles. The van der Waals surface area contributed by atoms with Gasteiger partial charge in [0, 0.05) is 0 Å². The molecule has 3 aromatic carbocycles. The van der Waals surface area contributed by atoms with Gasteiger partial charge in [-0.05, 0) is 62.3 Å². The standard InChI is InChI=1S/C26H24O4/c1-17-13-15-20(16-14-17)25(27)29-22-11-5-8-19-9-6-12-23(24(19)22)30-26(28)21-10-4-3-7-18(21)2/h3-13,20H,14-16H2,1-2H3. The van der Waals surface area contributed by atoms with Gasteiger partial charge in [0.1, 0.15) is 11.5 Å². The van der Waals surface area contributed by atoms with Crippen LogP contribution in [0.4, 0.5) is 0 Å². The maximum absolute atomic E-state index is 12.8. The summed E-state index contributed by atoms with van der Waals surface area (Å²) in [6.45, 7) is 3.95. The lowest BCUT2D eigenvalue weighted by Gasteiger charge is -2.19. The van der Waals surface area contributed by atoms with E-state index in [1.54, 1.807) is 24.3 Å². The molecule has 152 valence electrons. The molecule has 1 unspecified atom stereocenters. The van der Waals surface area contributed by atoms with Crippen molar-refractivity contribution in [3.8, 4) is 11.5 Å². The summed E-state index contributed by atoms with van der Waals surface area (Å²) >= 11 is 0. The Kier molecular flexibility index (Phi) is 5.66. The first-order chi connectivity index (χ1) is 14.5. The molecule has 0 fully saturated rings. The average molecular weight is 400 g/mol. The molecule has 0 saturated heterocycles. The maximum Gasteiger partial charge on any atom is 0.343 e. The molecule has 4 rings (SSSR count). The molecule has 4 nitrogen and oxygen atoms in total. The van der Waals surface area contributed by atoms with Gasteiger partial charge in [0.2, 0.25) is 0 Å². The second kappa shape index (κ2) is 8.54. The van der Waals surface area contributed by atoms with Crippen molar-refractivity contribution in [1.82, 2.24) is 0 Å². The summed E-state index contributed by atoms with van der Waals surface area (Å²) in [5.41, 5.74) is 2.66. The lowest BCUT2D eigenvalue weighted by molar-refractivity contribution is -0.139. The van der Waals surface area contributed by atoms with Gasteiger partial charge in [-0.3, -0.25) is 4.79 Å². The Morgan fingerprint density at radius 3 is 2.23 bits per heavy atom. The van der Waals surface area contributed by atoms with Gasteiger partial charge in [-0.2, -0.15) is 0 Å². The van der Waals surface area contributed by atoms with E-state index < -0.39 is 5.97 Å². The highest BCUT2D eigenvalue weighted by Crippen LogP contribution is 2.36. The van der Waals surface area contributed by atoms with E-state index in [1.807, 2.05) is 43.3 Å². The SMILES string of the molecule is CC1=CCC(C(=O)Oc2cccc3cccc(OC(=O)c4ccccc4C)c23)CC1. The zero-order valence-electron chi connectivity index (χ0n) is 17.2. The summed E-state index contributed by atoms with van der Waals surface area (Å²) in [7, 11) is 0. The van der Waals surface area contributed by atoms with Crippen molar-refractivity contribution in [2.75, 3.05) is 0 Å². The van der Waals surface area contributed by atoms with Crippen molar-refractivity contribution in [3.05, 3.63) is 83.4 Å². The topological polar surface area (TPSA) is 52.6 Å². The molecule has 0 spiro atoms. The third-order valence-electron chi connectivity index (χ3n) is 5.58. The first-order valence-electron chi connectivity index (χ1n) is 10.2. The molecular weight excluding hydrogens is 376 g/mol. The third kappa shape index (κ3) is 4.13. The van der Waals surface area contributed by atoms with Gasteiger partial charge < -0.3 is 9.47 Å². The van der Waals surface area contributed by atoms with Crippen LogP contribution in [0.25, 0.3) is 10.8 Å². The van der Waals surface area contributed by atoms with Crippen LogP contribution in [-0.2, 0) is 4.79 Å². The number of aryl methyl sites for hydroxylation is 1. The molecule has 1 atom stereocenters. The summed E-state index contributed by atoms with van der Waals surface area (Å²) in [5.74, 6) is -0.0351. The molecular formula is C26H24O4. The smallest absolute Gasteiger partial charge is 0.343 e. The van der Waals surface area contributed by atoms with E-state index in [9.17, 15) is 9.59 Å². The van der Waals surface area contributed by atoms with E-state index in [1.165, 1.54) is 5.57 Å². The molecule has 0 amide bonds. The Bertz CT molecular complexity index is 1140. The highest BCUT2D eigenvalue weighted by atomic mass is 16.5. The fourth-order valence-electron chi connectivity index (χ4n) is 3.77. The summed E-state index contributed by atoms with van der Waals surface area (Å²) < 4.78 is 11.5. The number of ether oxygens (including phenoxy) is 2. The van der Waals surface area contributed by atoms with Crippen LogP contribution in [0, 0.1) is 12.8 Å². The van der Waals surface area contributed by atoms with Gasteiger partial charge in [-0.1, -0.05) is 54.1 Å². The van der Waals surface area contributed by atoms with Gasteiger partial charge in [0.15, 0.2) is 0 Å². The summed E-state index contributed by atoms with van der Waals surface area (Å²) in [4.78, 5) is 25.5. The fraction of sp³-hybridized carbons (Fsp3) is 0.231. The Balaban J connectivity index is 1.64. The summed E-state index contributed by atoms with van der Waals surface area (Å²) in [6.07, 6.45) is 4.51. The quantitative estimate of drug-likeness (QED) is 0.305. The van der Waals surface area contributed by atoms with Crippen LogP contribution >= 0.6 is 0 Å². The first kappa shape index (κ1) is 19.9. The monoisotopic (exact) mass is 400 g/mol. The predicted octanol–water partition coefficient (Wildman–Crippen LogP) is 6.02. The lowest BCUT2D eigenvalue weighted by atomic mass is 9.90. The zero-order valence-corrected chi connectivity index (χ0v) is 17.2. The molecule has 3 aromatic rings. The Hall–Kier alpha value is -3.40. The summed E-state index contributed by atoms with van der Waals surface area (Å²) in [6, 6.07) is 18.2. The van der Waals surface area contributed by atoms with Crippen molar-refractivity contribution in [3.63, 3.8) is 0 Å². The van der Waals surface area contributed by atoms with Gasteiger partial charge in [0.05, 0.1) is 16.9 Å². The largest absolute Gasteiger partial charge is 0.426 e. The first-order valence-corrected chi connectivity index (χ1v) is 10.2. The Morgan fingerprint density at radius 1 is 0.867 bits per heavy atom. The number of allylic oxidation sites excluding steroid dienone is 2. The lowest BCUT2D eigenvalue weighted by Crippen LogP contribution is -2.22. The van der Waals surface area contributed by atoms with E-state index in [4.69, 9.17) is 9.47 Å². The molecule has 1 aliphatic rings. The van der Waals surface area contributed by atoms with Gasteiger partial charge >= 0.3 is 11.9 Å². The maximum atomic E-state index is 12.8. The van der Waals surface area contributed by atoms with E-state index >= 15 is 0 Å². The minimum atomic E-state index is -0.436. The van der Waals surface area contributed by atoms with E-state index in [0.717, 1.165) is 23.8 Å². The van der Waals surface area contributed by atoms with Crippen molar-refractivity contribution < 1.29 is 19.1 Å². The fourth-order valence-corrected chi connectivity index (χ4v) is 3.77. The van der Waals surface area contributed by atoms with Crippen LogP contribution in [-0.4, -0.2) is 11.9 Å². The normalized spacial score (nSPS) is 16.1. The average Bonchev–Trinajstić information content (AvgIpc) is 2.74. The van der Waals surface area contributed by atoms with Gasteiger partial charge in [0.25, 0.3) is 0 Å². The van der Waals surface area contributed by atoms with Gasteiger partial charge in [-0.15, -0.1) is 0 Å². The molecule has 0 saturated carbocycles. The van der Waals surface area contributed by atoms with E-state index in [-0.39, 0.29) is 11.9 Å². The van der Waals surface area contributed by atoms with E-state index in [0.29, 0.717) is 28.9 Å². The minimum absolute atomic E-state index is 0.148. The van der Waals surface area contributed by atoms with Crippen LogP contribution in [0.1, 0.15) is 42.1 Å². The Morgan fingerprint density at radius 2 is 1.57 bits per heavy atom.